The molecular weight excluding hydrogens is 352 g/mol. The van der Waals surface area contributed by atoms with Gasteiger partial charge in [0.1, 0.15) is 11.8 Å². The van der Waals surface area contributed by atoms with Gasteiger partial charge >= 0.3 is 0 Å². The highest BCUT2D eigenvalue weighted by Gasteiger charge is 2.46. The van der Waals surface area contributed by atoms with Gasteiger partial charge < -0.3 is 4.23 Å². The van der Waals surface area contributed by atoms with Crippen LogP contribution in [-0.4, -0.2) is 12.5 Å². The Kier molecular flexibility index (Phi) is 4.89. The normalized spacial score (nSPS) is 12.6. The second-order valence-corrected chi connectivity index (χ2v) is 13.6. The van der Waals surface area contributed by atoms with E-state index < -0.39 is 8.24 Å². The number of hydrogen-bond acceptors (Lipinski definition) is 1. The second kappa shape index (κ2) is 6.21. The molecule has 0 saturated heterocycles. The van der Waals surface area contributed by atoms with E-state index in [0.717, 1.165) is 15.6 Å². The van der Waals surface area contributed by atoms with Gasteiger partial charge in [-0.05, 0) is 40.9 Å². The first kappa shape index (κ1) is 17.3. The summed E-state index contributed by atoms with van der Waals surface area (Å²) in [6.45, 7) is 14.0. The Bertz CT molecular complexity index is 701. The molecular formula is C18H25BrN2Si. The molecule has 1 aromatic heterocycles. The van der Waals surface area contributed by atoms with Crippen molar-refractivity contribution in [3.8, 4) is 6.07 Å². The van der Waals surface area contributed by atoms with Crippen LogP contribution >= 0.6 is 15.9 Å². The van der Waals surface area contributed by atoms with Crippen molar-refractivity contribution in [1.29, 1.82) is 5.26 Å². The Labute approximate surface area is 143 Å². The average molecular weight is 377 g/mol. The van der Waals surface area contributed by atoms with Gasteiger partial charge in [0.2, 0.25) is 0 Å². The predicted octanol–water partition coefficient (Wildman–Crippen LogP) is 6.30. The van der Waals surface area contributed by atoms with Crippen LogP contribution in [-0.2, 0) is 0 Å². The van der Waals surface area contributed by atoms with E-state index in [0.29, 0.717) is 16.6 Å². The van der Waals surface area contributed by atoms with Crippen molar-refractivity contribution >= 4 is 35.1 Å². The van der Waals surface area contributed by atoms with E-state index in [-0.39, 0.29) is 0 Å². The lowest BCUT2D eigenvalue weighted by Crippen LogP contribution is -2.52. The molecule has 0 aliphatic heterocycles. The number of halogens is 1. The fraction of sp³-hybridized carbons (Fsp3) is 0.500. The molecule has 0 spiro atoms. The number of fused-ring (bicyclic) bond motifs is 1. The first-order valence-electron chi connectivity index (χ1n) is 7.98. The second-order valence-electron chi connectivity index (χ2n) is 7.03. The average Bonchev–Trinajstić information content (AvgIpc) is 2.76. The third-order valence-electron chi connectivity index (χ3n) is 5.04. The van der Waals surface area contributed by atoms with Gasteiger partial charge in [-0.25, -0.2) is 0 Å². The Morgan fingerprint density at radius 2 is 1.55 bits per heavy atom. The largest absolute Gasteiger partial charge is 0.359 e. The summed E-state index contributed by atoms with van der Waals surface area (Å²) in [5.74, 6) is 0. The monoisotopic (exact) mass is 376 g/mol. The molecule has 0 atom stereocenters. The fourth-order valence-electron chi connectivity index (χ4n) is 4.46. The van der Waals surface area contributed by atoms with Crippen molar-refractivity contribution in [2.24, 2.45) is 0 Å². The van der Waals surface area contributed by atoms with Crippen LogP contribution in [0, 0.1) is 11.3 Å². The molecule has 2 rings (SSSR count). The summed E-state index contributed by atoms with van der Waals surface area (Å²) in [5.41, 5.74) is 3.73. The zero-order valence-corrected chi connectivity index (χ0v) is 16.9. The molecule has 0 aliphatic rings. The number of rotatable bonds is 4. The summed E-state index contributed by atoms with van der Waals surface area (Å²) < 4.78 is 3.50. The van der Waals surface area contributed by atoms with Gasteiger partial charge in [-0.1, -0.05) is 57.5 Å². The SMILES string of the molecule is CC(C)[Si](C(C)C)(C(C)C)n1c(C#N)cc2cc(Br)ccc21. The minimum atomic E-state index is -1.92. The molecule has 0 unspecified atom stereocenters. The van der Waals surface area contributed by atoms with Crippen LogP contribution in [0.4, 0.5) is 0 Å². The van der Waals surface area contributed by atoms with Gasteiger partial charge in [0.25, 0.3) is 0 Å². The Balaban J connectivity index is 2.93. The van der Waals surface area contributed by atoms with E-state index in [1.54, 1.807) is 0 Å². The van der Waals surface area contributed by atoms with Gasteiger partial charge in [-0.2, -0.15) is 5.26 Å². The Hall–Kier alpha value is -1.05. The summed E-state index contributed by atoms with van der Waals surface area (Å²) >= 11 is 3.54. The van der Waals surface area contributed by atoms with Crippen molar-refractivity contribution in [1.82, 2.24) is 4.23 Å². The molecule has 22 heavy (non-hydrogen) atoms. The zero-order valence-electron chi connectivity index (χ0n) is 14.3. The quantitative estimate of drug-likeness (QED) is 0.575. The maximum atomic E-state index is 9.74. The van der Waals surface area contributed by atoms with E-state index in [9.17, 15) is 5.26 Å². The van der Waals surface area contributed by atoms with Crippen molar-refractivity contribution in [2.45, 2.75) is 58.2 Å². The highest BCUT2D eigenvalue weighted by molar-refractivity contribution is 9.10. The first-order valence-corrected chi connectivity index (χ1v) is 11.0. The Morgan fingerprint density at radius 1 is 1.00 bits per heavy atom. The summed E-state index contributed by atoms with van der Waals surface area (Å²) in [6.07, 6.45) is 0. The molecule has 0 radical (unpaired) electrons. The van der Waals surface area contributed by atoms with Crippen molar-refractivity contribution in [3.05, 3.63) is 34.4 Å². The summed E-state index contributed by atoms with van der Waals surface area (Å²) in [6, 6.07) is 10.9. The van der Waals surface area contributed by atoms with Crippen LogP contribution in [0.5, 0.6) is 0 Å². The molecule has 1 heterocycles. The van der Waals surface area contributed by atoms with Crippen LogP contribution in [0.15, 0.2) is 28.7 Å². The number of aromatic nitrogens is 1. The molecule has 0 bridgehead atoms. The number of benzene rings is 1. The van der Waals surface area contributed by atoms with Crippen LogP contribution in [0.1, 0.15) is 47.2 Å². The molecule has 1 aromatic carbocycles. The van der Waals surface area contributed by atoms with Crippen LogP contribution < -0.4 is 0 Å². The molecule has 2 nitrogen and oxygen atoms in total. The van der Waals surface area contributed by atoms with Gasteiger partial charge in [0, 0.05) is 15.4 Å². The van der Waals surface area contributed by atoms with E-state index >= 15 is 0 Å². The molecule has 2 aromatic rings. The molecule has 0 saturated carbocycles. The smallest absolute Gasteiger partial charge is 0.171 e. The lowest BCUT2D eigenvalue weighted by molar-refractivity contribution is 0.770. The third kappa shape index (κ3) is 2.45. The minimum absolute atomic E-state index is 0.568. The van der Waals surface area contributed by atoms with Crippen molar-refractivity contribution in [2.75, 3.05) is 0 Å². The van der Waals surface area contributed by atoms with E-state index in [1.807, 2.05) is 0 Å². The molecule has 4 heteroatoms. The highest BCUT2D eigenvalue weighted by Crippen LogP contribution is 2.45. The minimum Gasteiger partial charge on any atom is -0.359 e. The molecule has 0 fully saturated rings. The van der Waals surface area contributed by atoms with Crippen LogP contribution in [0.2, 0.25) is 16.6 Å². The molecule has 0 N–H and O–H groups in total. The van der Waals surface area contributed by atoms with E-state index in [2.05, 4.69) is 92.0 Å². The maximum absolute atomic E-state index is 9.74. The van der Waals surface area contributed by atoms with Crippen molar-refractivity contribution < 1.29 is 0 Å². The van der Waals surface area contributed by atoms with E-state index in [1.165, 1.54) is 5.52 Å². The summed E-state index contributed by atoms with van der Waals surface area (Å²) in [7, 11) is -1.92. The molecule has 0 amide bonds. The standard InChI is InChI=1S/C18H25BrN2Si/c1-12(2)22(13(3)4,14(5)6)21-17(11-20)10-15-9-16(19)7-8-18(15)21/h7-10,12-14H,1-6H3. The van der Waals surface area contributed by atoms with Crippen LogP contribution in [0.25, 0.3) is 10.9 Å². The topological polar surface area (TPSA) is 28.7 Å². The number of nitrogens with zero attached hydrogens (tertiary/aromatic N) is 2. The summed E-state index contributed by atoms with van der Waals surface area (Å²) in [4.78, 5) is 0. The lowest BCUT2D eigenvalue weighted by atomic mass is 10.2. The predicted molar refractivity (Wildman–Crippen MR) is 101 cm³/mol. The highest BCUT2D eigenvalue weighted by atomic mass is 79.9. The van der Waals surface area contributed by atoms with Gasteiger partial charge in [-0.15, -0.1) is 0 Å². The van der Waals surface area contributed by atoms with Gasteiger partial charge in [0.15, 0.2) is 8.24 Å². The Morgan fingerprint density at radius 3 is 2.00 bits per heavy atom. The third-order valence-corrected chi connectivity index (χ3v) is 12.3. The fourth-order valence-corrected chi connectivity index (χ4v) is 11.5. The van der Waals surface area contributed by atoms with E-state index in [4.69, 9.17) is 0 Å². The summed E-state index contributed by atoms with van der Waals surface area (Å²) in [5, 5.41) is 10.9. The molecule has 0 aliphatic carbocycles. The lowest BCUT2D eigenvalue weighted by Gasteiger charge is -2.45. The number of nitriles is 1. The van der Waals surface area contributed by atoms with Gasteiger partial charge in [-0.3, -0.25) is 0 Å². The van der Waals surface area contributed by atoms with Gasteiger partial charge in [0.05, 0.1) is 0 Å². The molecule has 118 valence electrons. The first-order chi connectivity index (χ1) is 10.3. The maximum Gasteiger partial charge on any atom is 0.171 e. The van der Waals surface area contributed by atoms with Crippen LogP contribution in [0.3, 0.4) is 0 Å². The van der Waals surface area contributed by atoms with Crippen molar-refractivity contribution in [3.63, 3.8) is 0 Å². The number of hydrogen-bond donors (Lipinski definition) is 0. The zero-order chi connectivity index (χ0) is 16.7.